The molecule has 2 aromatic rings. The van der Waals surface area contributed by atoms with E-state index in [0.717, 1.165) is 28.8 Å². The normalized spacial score (nSPS) is 11.8. The van der Waals surface area contributed by atoms with E-state index in [-0.39, 0.29) is 12.1 Å². The second-order valence-electron chi connectivity index (χ2n) is 5.43. The molecule has 0 aliphatic rings. The Kier molecular flexibility index (Phi) is 5.45. The first kappa shape index (κ1) is 16.4. The van der Waals surface area contributed by atoms with Crippen LogP contribution in [0, 0.1) is 13.8 Å². The quantitative estimate of drug-likeness (QED) is 0.796. The number of anilines is 1. The van der Waals surface area contributed by atoms with Crippen molar-refractivity contribution in [2.75, 3.05) is 5.32 Å². The van der Waals surface area contributed by atoms with Gasteiger partial charge in [0.05, 0.1) is 6.04 Å². The van der Waals surface area contributed by atoms with Crippen molar-refractivity contribution in [3.63, 3.8) is 0 Å². The maximum atomic E-state index is 12.2. The molecule has 0 unspecified atom stereocenters. The highest BCUT2D eigenvalue weighted by molar-refractivity contribution is 6.30. The molecule has 2 amide bonds. The molecule has 2 N–H and O–H groups in total. The number of aryl methyl sites for hydroxylation is 2. The Balaban J connectivity index is 2.06. The molecule has 0 bridgehead atoms. The first-order valence-electron chi connectivity index (χ1n) is 7.40. The highest BCUT2D eigenvalue weighted by atomic mass is 35.5. The van der Waals surface area contributed by atoms with Crippen molar-refractivity contribution in [3.8, 4) is 0 Å². The zero-order valence-corrected chi connectivity index (χ0v) is 13.9. The molecule has 2 aromatic carbocycles. The van der Waals surface area contributed by atoms with Crippen LogP contribution in [0.5, 0.6) is 0 Å². The average Bonchev–Trinajstić information content (AvgIpc) is 2.49. The molecule has 0 heterocycles. The monoisotopic (exact) mass is 316 g/mol. The maximum Gasteiger partial charge on any atom is 0.319 e. The maximum absolute atomic E-state index is 12.2. The molecule has 116 valence electrons. The van der Waals surface area contributed by atoms with Gasteiger partial charge < -0.3 is 10.6 Å². The highest BCUT2D eigenvalue weighted by Gasteiger charge is 2.13. The lowest BCUT2D eigenvalue weighted by Crippen LogP contribution is -2.32. The lowest BCUT2D eigenvalue weighted by atomic mass is 10.1. The summed E-state index contributed by atoms with van der Waals surface area (Å²) in [6.07, 6.45) is 0.807. The van der Waals surface area contributed by atoms with E-state index < -0.39 is 0 Å². The fourth-order valence-electron chi connectivity index (χ4n) is 2.30. The Bertz CT molecular complexity index is 653. The van der Waals surface area contributed by atoms with E-state index in [1.807, 2.05) is 63.2 Å². The fraction of sp³-hybridized carbons (Fsp3) is 0.278. The zero-order valence-electron chi connectivity index (χ0n) is 13.1. The number of carbonyl (C=O) groups excluding carboxylic acids is 1. The van der Waals surface area contributed by atoms with Crippen LogP contribution in [0.25, 0.3) is 0 Å². The van der Waals surface area contributed by atoms with Crippen molar-refractivity contribution in [1.82, 2.24) is 5.32 Å². The van der Waals surface area contributed by atoms with Crippen LogP contribution in [0.4, 0.5) is 10.5 Å². The second kappa shape index (κ2) is 7.32. The number of carbonyl (C=O) groups is 1. The number of benzene rings is 2. The number of nitrogens with one attached hydrogen (secondary N) is 2. The molecule has 0 aliphatic carbocycles. The van der Waals surface area contributed by atoms with Crippen LogP contribution in [-0.2, 0) is 0 Å². The van der Waals surface area contributed by atoms with E-state index in [0.29, 0.717) is 5.02 Å². The van der Waals surface area contributed by atoms with E-state index in [2.05, 4.69) is 10.6 Å². The molecule has 0 aliphatic heterocycles. The molecular formula is C18H21ClN2O. The summed E-state index contributed by atoms with van der Waals surface area (Å²) < 4.78 is 0. The highest BCUT2D eigenvalue weighted by Crippen LogP contribution is 2.20. The number of hydrogen-bond acceptors (Lipinski definition) is 1. The molecule has 0 saturated carbocycles. The molecular weight excluding hydrogens is 296 g/mol. The van der Waals surface area contributed by atoms with Crippen LogP contribution in [-0.4, -0.2) is 6.03 Å². The number of rotatable bonds is 4. The lowest BCUT2D eigenvalue weighted by molar-refractivity contribution is 0.248. The number of amides is 2. The predicted molar refractivity (Wildman–Crippen MR) is 92.6 cm³/mol. The minimum absolute atomic E-state index is 0.0395. The largest absolute Gasteiger partial charge is 0.331 e. The van der Waals surface area contributed by atoms with Gasteiger partial charge in [-0.15, -0.1) is 0 Å². The Labute approximate surface area is 136 Å². The van der Waals surface area contributed by atoms with E-state index in [9.17, 15) is 4.79 Å². The van der Waals surface area contributed by atoms with Crippen molar-refractivity contribution in [3.05, 3.63) is 64.2 Å². The summed E-state index contributed by atoms with van der Waals surface area (Å²) in [5.74, 6) is 0. The van der Waals surface area contributed by atoms with Gasteiger partial charge in [-0.2, -0.15) is 0 Å². The number of halogens is 1. The first-order chi connectivity index (χ1) is 10.5. The minimum atomic E-state index is -0.199. The standard InChI is InChI=1S/C18H21ClN2O/c1-4-16(14-7-9-15(19)10-8-14)20-18(22)21-17-11-12(2)5-6-13(17)3/h5-11,16H,4H2,1-3H3,(H2,20,21,22)/t16-/m1/s1. The number of urea groups is 1. The SMILES string of the molecule is CC[C@@H](NC(=O)Nc1cc(C)ccc1C)c1ccc(Cl)cc1. The summed E-state index contributed by atoms with van der Waals surface area (Å²) >= 11 is 5.91. The Morgan fingerprint density at radius 2 is 1.82 bits per heavy atom. The Morgan fingerprint density at radius 1 is 1.14 bits per heavy atom. The van der Waals surface area contributed by atoms with Crippen molar-refractivity contribution in [1.29, 1.82) is 0 Å². The van der Waals surface area contributed by atoms with E-state index in [4.69, 9.17) is 11.6 Å². The third-order valence-corrected chi connectivity index (χ3v) is 3.88. The van der Waals surface area contributed by atoms with Gasteiger partial charge in [-0.1, -0.05) is 42.8 Å². The van der Waals surface area contributed by atoms with Crippen molar-refractivity contribution < 1.29 is 4.79 Å². The molecule has 0 fully saturated rings. The van der Waals surface area contributed by atoms with E-state index >= 15 is 0 Å². The van der Waals surface area contributed by atoms with E-state index in [1.54, 1.807) is 0 Å². The Hall–Kier alpha value is -2.00. The first-order valence-corrected chi connectivity index (χ1v) is 7.77. The summed E-state index contributed by atoms with van der Waals surface area (Å²) in [5, 5.41) is 6.62. The van der Waals surface area contributed by atoms with Crippen molar-refractivity contribution in [2.24, 2.45) is 0 Å². The average molecular weight is 317 g/mol. The van der Waals surface area contributed by atoms with Crippen LogP contribution >= 0.6 is 11.6 Å². The number of hydrogen-bond donors (Lipinski definition) is 2. The van der Waals surface area contributed by atoms with Crippen LogP contribution in [0.3, 0.4) is 0 Å². The molecule has 22 heavy (non-hydrogen) atoms. The Morgan fingerprint density at radius 3 is 2.45 bits per heavy atom. The van der Waals surface area contributed by atoms with Crippen LogP contribution < -0.4 is 10.6 Å². The van der Waals surface area contributed by atoms with Crippen molar-refractivity contribution in [2.45, 2.75) is 33.2 Å². The predicted octanol–water partition coefficient (Wildman–Crippen LogP) is 5.23. The topological polar surface area (TPSA) is 41.1 Å². The molecule has 0 aromatic heterocycles. The summed E-state index contributed by atoms with van der Waals surface area (Å²) in [6, 6.07) is 13.3. The lowest BCUT2D eigenvalue weighted by Gasteiger charge is -2.19. The van der Waals surface area contributed by atoms with Gasteiger partial charge in [-0.25, -0.2) is 4.79 Å². The van der Waals surface area contributed by atoms with Gasteiger partial charge in [0, 0.05) is 10.7 Å². The minimum Gasteiger partial charge on any atom is -0.331 e. The van der Waals surface area contributed by atoms with Crippen LogP contribution in [0.15, 0.2) is 42.5 Å². The molecule has 2 rings (SSSR count). The fourth-order valence-corrected chi connectivity index (χ4v) is 2.43. The molecule has 0 spiro atoms. The molecule has 1 atom stereocenters. The summed E-state index contributed by atoms with van der Waals surface area (Å²) in [5.41, 5.74) is 4.04. The smallest absolute Gasteiger partial charge is 0.319 e. The van der Waals surface area contributed by atoms with Crippen molar-refractivity contribution >= 4 is 23.3 Å². The van der Waals surface area contributed by atoms with Gasteiger partial charge in [0.25, 0.3) is 0 Å². The third kappa shape index (κ3) is 4.25. The van der Waals surface area contributed by atoms with Crippen LogP contribution in [0.2, 0.25) is 5.02 Å². The third-order valence-electron chi connectivity index (χ3n) is 3.63. The molecule has 0 saturated heterocycles. The van der Waals surface area contributed by atoms with Gasteiger partial charge in [0.2, 0.25) is 0 Å². The zero-order chi connectivity index (χ0) is 16.1. The second-order valence-corrected chi connectivity index (χ2v) is 5.87. The van der Waals surface area contributed by atoms with Gasteiger partial charge in [0.15, 0.2) is 0 Å². The van der Waals surface area contributed by atoms with Gasteiger partial charge >= 0.3 is 6.03 Å². The summed E-state index contributed by atoms with van der Waals surface area (Å²) in [6.45, 7) is 6.02. The van der Waals surface area contributed by atoms with E-state index in [1.165, 1.54) is 0 Å². The molecule has 4 heteroatoms. The summed E-state index contributed by atoms with van der Waals surface area (Å²) in [4.78, 5) is 12.2. The van der Waals surface area contributed by atoms with Gasteiger partial charge in [0.1, 0.15) is 0 Å². The molecule has 3 nitrogen and oxygen atoms in total. The summed E-state index contributed by atoms with van der Waals surface area (Å²) in [7, 11) is 0. The van der Waals surface area contributed by atoms with Gasteiger partial charge in [-0.05, 0) is 55.2 Å². The van der Waals surface area contributed by atoms with Gasteiger partial charge in [-0.3, -0.25) is 0 Å². The molecule has 0 radical (unpaired) electrons. The van der Waals surface area contributed by atoms with Crippen LogP contribution in [0.1, 0.15) is 36.1 Å².